The zero-order chi connectivity index (χ0) is 39.1. The molecule has 0 radical (unpaired) electrons. The van der Waals surface area contributed by atoms with Crippen LogP contribution in [0, 0.1) is 0 Å². The second-order valence-corrected chi connectivity index (χ2v) is 13.8. The van der Waals surface area contributed by atoms with Crippen molar-refractivity contribution in [2.75, 3.05) is 7.11 Å². The number of hydrogen-bond donors (Lipinski definition) is 0. The van der Waals surface area contributed by atoms with Crippen molar-refractivity contribution in [2.45, 2.75) is 44.4 Å². The fourth-order valence-electron chi connectivity index (χ4n) is 7.80. The summed E-state index contributed by atoms with van der Waals surface area (Å²) in [4.78, 5) is 77.8. The molecular weight excluding hydrogens is 716 g/mol. The summed E-state index contributed by atoms with van der Waals surface area (Å²) in [5.74, 6) is 0.947. The molecule has 12 nitrogen and oxygen atoms in total. The van der Waals surface area contributed by atoms with Crippen LogP contribution in [0.1, 0.15) is 50.2 Å². The summed E-state index contributed by atoms with van der Waals surface area (Å²) < 4.78 is 23.1. The maximum absolute atomic E-state index is 13.5. The van der Waals surface area contributed by atoms with Crippen molar-refractivity contribution in [3.8, 4) is 34.4 Å². The van der Waals surface area contributed by atoms with Gasteiger partial charge in [-0.1, -0.05) is 43.5 Å². The second-order valence-electron chi connectivity index (χ2n) is 13.8. The lowest BCUT2D eigenvalue weighted by atomic mass is 9.65. The van der Waals surface area contributed by atoms with Crippen molar-refractivity contribution in [3.05, 3.63) is 162 Å². The van der Waals surface area contributed by atoms with E-state index in [2.05, 4.69) is 12.1 Å². The molecule has 0 N–H and O–H groups in total. The predicted molar refractivity (Wildman–Crippen MR) is 209 cm³/mol. The van der Waals surface area contributed by atoms with E-state index in [-0.39, 0.29) is 49.8 Å². The van der Waals surface area contributed by atoms with Gasteiger partial charge in [0.05, 0.1) is 40.0 Å². The molecule has 0 unspecified atom stereocenters. The lowest BCUT2D eigenvalue weighted by Gasteiger charge is -2.38. The number of methoxy groups -OCH3 is 1. The van der Waals surface area contributed by atoms with Crippen molar-refractivity contribution in [3.63, 3.8) is 0 Å². The Balaban J connectivity index is 0.992. The number of nitrogens with zero attached hydrogens (tertiary/aromatic N) is 2. The van der Waals surface area contributed by atoms with Gasteiger partial charge in [0.2, 0.25) is 0 Å². The zero-order valence-electron chi connectivity index (χ0n) is 30.4. The van der Waals surface area contributed by atoms with E-state index in [0.717, 1.165) is 46.1 Å². The summed E-state index contributed by atoms with van der Waals surface area (Å²) in [5.41, 5.74) is -0.0805. The standard InChI is InChI=1S/C44H34N2O10/c1-26(47)54-32-18-10-29(11-19-32)45-39(48)35-24-37-38(25-36(35)40(45)49)42(51)46(41(37)50)30-12-20-34(21-13-30)56-43(52)55-33-16-8-28(9-17-33)44(22-4-3-5-23-44)27-6-14-31(53-2)15-7-27/h6-21,24-25H,3-5,22-23H2,1-2H3. The molecule has 56 heavy (non-hydrogen) atoms. The van der Waals surface area contributed by atoms with Gasteiger partial charge >= 0.3 is 12.1 Å². The molecule has 0 saturated heterocycles. The Labute approximate surface area is 318 Å². The van der Waals surface area contributed by atoms with Gasteiger partial charge in [0.1, 0.15) is 23.0 Å². The third kappa shape index (κ3) is 6.34. The summed E-state index contributed by atoms with van der Waals surface area (Å²) in [6.07, 6.45) is 4.47. The molecular formula is C44H34N2O10. The third-order valence-corrected chi connectivity index (χ3v) is 10.5. The SMILES string of the molecule is COc1ccc(C2(c3ccc(OC(=O)Oc4ccc(-n5c(=O)c6cc7c(=O)n(-c8ccc(OC(C)=O)cc8)c(=O)c7cc6c5=O)cc4)cc3)CCCCC2)cc1. The molecule has 5 aromatic carbocycles. The van der Waals surface area contributed by atoms with Gasteiger partial charge in [-0.2, -0.15) is 0 Å². The fraction of sp³-hybridized carbons (Fsp3) is 0.182. The molecule has 2 heterocycles. The maximum Gasteiger partial charge on any atom is 0.519 e. The van der Waals surface area contributed by atoms with E-state index in [1.54, 1.807) is 19.2 Å². The van der Waals surface area contributed by atoms with Crippen molar-refractivity contribution in [1.29, 1.82) is 0 Å². The van der Waals surface area contributed by atoms with Crippen LogP contribution in [-0.4, -0.2) is 28.4 Å². The molecule has 1 aliphatic carbocycles. The highest BCUT2D eigenvalue weighted by Gasteiger charge is 2.35. The van der Waals surface area contributed by atoms with Gasteiger partial charge in [0.25, 0.3) is 22.2 Å². The number of hydrogen-bond acceptors (Lipinski definition) is 10. The largest absolute Gasteiger partial charge is 0.519 e. The quantitative estimate of drug-likeness (QED) is 0.0939. The van der Waals surface area contributed by atoms with Crippen molar-refractivity contribution >= 4 is 33.7 Å². The van der Waals surface area contributed by atoms with Gasteiger partial charge in [-0.25, -0.2) is 13.9 Å². The molecule has 1 saturated carbocycles. The Morgan fingerprint density at radius 1 is 0.500 bits per heavy atom. The highest BCUT2D eigenvalue weighted by Crippen LogP contribution is 2.45. The van der Waals surface area contributed by atoms with Crippen LogP contribution in [0.5, 0.6) is 23.0 Å². The molecule has 0 aliphatic heterocycles. The van der Waals surface area contributed by atoms with Crippen LogP contribution in [0.25, 0.3) is 32.9 Å². The average molecular weight is 751 g/mol. The smallest absolute Gasteiger partial charge is 0.497 e. The topological polar surface area (TPSA) is 149 Å². The summed E-state index contributed by atoms with van der Waals surface area (Å²) >= 11 is 0. The second kappa shape index (κ2) is 14.3. The van der Waals surface area contributed by atoms with E-state index in [4.69, 9.17) is 18.9 Å². The third-order valence-electron chi connectivity index (χ3n) is 10.5. The Kier molecular flexibility index (Phi) is 9.17. The summed E-state index contributed by atoms with van der Waals surface area (Å²) in [7, 11) is 1.65. The number of carbonyl (C=O) groups is 2. The van der Waals surface area contributed by atoms with Gasteiger partial charge in [-0.15, -0.1) is 0 Å². The molecule has 280 valence electrons. The van der Waals surface area contributed by atoms with Crippen LogP contribution in [0.15, 0.2) is 128 Å². The first-order chi connectivity index (χ1) is 27.1. The Morgan fingerprint density at radius 2 is 0.857 bits per heavy atom. The minimum Gasteiger partial charge on any atom is -0.497 e. The van der Waals surface area contributed by atoms with E-state index in [0.29, 0.717) is 5.75 Å². The minimum atomic E-state index is -0.966. The molecule has 12 heteroatoms. The van der Waals surface area contributed by atoms with Crippen LogP contribution in [0.2, 0.25) is 0 Å². The van der Waals surface area contributed by atoms with Crippen LogP contribution in [0.3, 0.4) is 0 Å². The molecule has 0 amide bonds. The van der Waals surface area contributed by atoms with E-state index >= 15 is 0 Å². The van der Waals surface area contributed by atoms with E-state index in [1.807, 2.05) is 24.3 Å². The van der Waals surface area contributed by atoms with Crippen LogP contribution >= 0.6 is 0 Å². The Hall–Kier alpha value is -7.08. The normalized spacial score (nSPS) is 13.8. The molecule has 0 atom stereocenters. The number of ether oxygens (including phenoxy) is 4. The predicted octanol–water partition coefficient (Wildman–Crippen LogP) is 6.65. The number of fused-ring (bicyclic) bond motifs is 2. The molecule has 1 fully saturated rings. The number of carbonyl (C=O) groups excluding carboxylic acids is 2. The van der Waals surface area contributed by atoms with Gasteiger partial charge in [0, 0.05) is 12.3 Å². The number of rotatable bonds is 8. The Morgan fingerprint density at radius 3 is 1.23 bits per heavy atom. The molecule has 7 aromatic rings. The monoisotopic (exact) mass is 750 g/mol. The molecule has 1 aliphatic rings. The molecule has 2 aromatic heterocycles. The maximum atomic E-state index is 13.5. The van der Waals surface area contributed by atoms with Gasteiger partial charge in [-0.3, -0.25) is 24.0 Å². The molecule has 0 spiro atoms. The van der Waals surface area contributed by atoms with Crippen molar-refractivity contribution in [2.24, 2.45) is 0 Å². The van der Waals surface area contributed by atoms with E-state index in [1.165, 1.54) is 79.6 Å². The molecule has 0 bridgehead atoms. The Bertz CT molecular complexity index is 2760. The summed E-state index contributed by atoms with van der Waals surface area (Å²) in [5, 5.41) is -0.113. The van der Waals surface area contributed by atoms with Gasteiger partial charge in [0.15, 0.2) is 0 Å². The fourth-order valence-corrected chi connectivity index (χ4v) is 7.80. The highest BCUT2D eigenvalue weighted by molar-refractivity contribution is 5.98. The average Bonchev–Trinajstić information content (AvgIpc) is 3.61. The molecule has 8 rings (SSSR count). The van der Waals surface area contributed by atoms with E-state index < -0.39 is 34.4 Å². The number of esters is 1. The number of benzene rings is 5. The van der Waals surface area contributed by atoms with Gasteiger partial charge < -0.3 is 18.9 Å². The van der Waals surface area contributed by atoms with Crippen LogP contribution in [-0.2, 0) is 10.2 Å². The van der Waals surface area contributed by atoms with Crippen LogP contribution in [0.4, 0.5) is 4.79 Å². The van der Waals surface area contributed by atoms with Crippen LogP contribution < -0.4 is 41.2 Å². The lowest BCUT2D eigenvalue weighted by Crippen LogP contribution is -2.30. The van der Waals surface area contributed by atoms with Crippen molar-refractivity contribution < 1.29 is 28.5 Å². The first kappa shape index (κ1) is 35.9. The lowest BCUT2D eigenvalue weighted by molar-refractivity contribution is -0.131. The van der Waals surface area contributed by atoms with E-state index in [9.17, 15) is 28.8 Å². The van der Waals surface area contributed by atoms with Crippen molar-refractivity contribution in [1.82, 2.24) is 9.13 Å². The first-order valence-corrected chi connectivity index (χ1v) is 18.1. The minimum absolute atomic E-state index is 0.0246. The summed E-state index contributed by atoms with van der Waals surface area (Å²) in [6, 6.07) is 29.7. The zero-order valence-corrected chi connectivity index (χ0v) is 30.4. The first-order valence-electron chi connectivity index (χ1n) is 18.1. The van der Waals surface area contributed by atoms with Gasteiger partial charge in [-0.05, 0) is 109 Å². The highest BCUT2D eigenvalue weighted by atomic mass is 16.7. The summed E-state index contributed by atoms with van der Waals surface area (Å²) in [6.45, 7) is 1.25. The number of aromatic nitrogens is 2.